The third kappa shape index (κ3) is 1.25. The molecule has 0 aromatic heterocycles. The lowest BCUT2D eigenvalue weighted by atomic mass is 9.80. The van der Waals surface area contributed by atoms with Crippen LogP contribution in [0.4, 0.5) is 0 Å². The first-order chi connectivity index (χ1) is 6.27. The smallest absolute Gasteiger partial charge is 0.311 e. The fourth-order valence-corrected chi connectivity index (χ4v) is 2.47. The fourth-order valence-electron chi connectivity index (χ4n) is 2.47. The van der Waals surface area contributed by atoms with Gasteiger partial charge in [0, 0.05) is 12.5 Å². The highest BCUT2D eigenvalue weighted by Gasteiger charge is 2.52. The second-order valence-electron chi connectivity index (χ2n) is 3.69. The minimum Gasteiger partial charge on any atom is -0.469 e. The summed E-state index contributed by atoms with van der Waals surface area (Å²) < 4.78 is 10.2. The van der Waals surface area contributed by atoms with Gasteiger partial charge >= 0.3 is 5.97 Å². The summed E-state index contributed by atoms with van der Waals surface area (Å²) in [7, 11) is 1.38. The van der Waals surface area contributed by atoms with Crippen molar-refractivity contribution in [2.24, 2.45) is 11.8 Å². The average Bonchev–Trinajstić information content (AvgIpc) is 2.74. The van der Waals surface area contributed by atoms with Crippen LogP contribution in [0.25, 0.3) is 0 Å². The van der Waals surface area contributed by atoms with E-state index in [1.165, 1.54) is 7.11 Å². The van der Waals surface area contributed by atoms with E-state index in [2.05, 4.69) is 4.74 Å². The summed E-state index contributed by atoms with van der Waals surface area (Å²) in [6.45, 7) is 0.0148. The summed E-state index contributed by atoms with van der Waals surface area (Å²) >= 11 is 0. The maximum atomic E-state index is 11.4. The van der Waals surface area contributed by atoms with E-state index in [9.17, 15) is 4.79 Å². The molecule has 2 rings (SSSR count). The third-order valence-corrected chi connectivity index (χ3v) is 3.11. The Morgan fingerprint density at radius 2 is 2.23 bits per heavy atom. The second kappa shape index (κ2) is 3.27. The van der Waals surface area contributed by atoms with Crippen LogP contribution in [0, 0.1) is 11.8 Å². The van der Waals surface area contributed by atoms with Crippen LogP contribution >= 0.6 is 0 Å². The maximum Gasteiger partial charge on any atom is 0.311 e. The van der Waals surface area contributed by atoms with Crippen LogP contribution in [-0.2, 0) is 14.3 Å². The van der Waals surface area contributed by atoms with E-state index in [1.54, 1.807) is 0 Å². The predicted octanol–water partition coefficient (Wildman–Crippen LogP) is -0.0547. The van der Waals surface area contributed by atoms with Crippen molar-refractivity contribution in [3.63, 3.8) is 0 Å². The monoisotopic (exact) mass is 186 g/mol. The summed E-state index contributed by atoms with van der Waals surface area (Å²) in [5.74, 6) is -0.536. The summed E-state index contributed by atoms with van der Waals surface area (Å²) in [5, 5.41) is 9.12. The van der Waals surface area contributed by atoms with Crippen LogP contribution in [0.3, 0.4) is 0 Å². The topological polar surface area (TPSA) is 55.8 Å². The Bertz CT molecular complexity index is 216. The molecule has 0 amide bonds. The van der Waals surface area contributed by atoms with Crippen molar-refractivity contribution >= 4 is 5.97 Å². The summed E-state index contributed by atoms with van der Waals surface area (Å²) in [4.78, 5) is 11.4. The van der Waals surface area contributed by atoms with Crippen molar-refractivity contribution in [3.8, 4) is 0 Å². The van der Waals surface area contributed by atoms with Crippen LogP contribution in [0.15, 0.2) is 0 Å². The highest BCUT2D eigenvalue weighted by atomic mass is 16.5. The number of carbonyl (C=O) groups excluding carboxylic acids is 1. The quantitative estimate of drug-likeness (QED) is 0.614. The SMILES string of the molecule is COC(=O)[C@H]1[C@@H](CO)[C@@H]2CC[C@H]1O2. The van der Waals surface area contributed by atoms with Crippen molar-refractivity contribution in [2.75, 3.05) is 13.7 Å². The van der Waals surface area contributed by atoms with Crippen LogP contribution in [-0.4, -0.2) is 37.0 Å². The first-order valence-corrected chi connectivity index (χ1v) is 4.62. The summed E-state index contributed by atoms with van der Waals surface area (Å²) in [6.07, 6.45) is 1.93. The van der Waals surface area contributed by atoms with Crippen LogP contribution < -0.4 is 0 Å². The lowest BCUT2D eigenvalue weighted by molar-refractivity contribution is -0.149. The van der Waals surface area contributed by atoms with E-state index >= 15 is 0 Å². The molecule has 0 unspecified atom stereocenters. The molecule has 0 aliphatic carbocycles. The molecule has 0 aromatic carbocycles. The fraction of sp³-hybridized carbons (Fsp3) is 0.889. The average molecular weight is 186 g/mol. The molecule has 2 aliphatic heterocycles. The molecule has 4 atom stereocenters. The molecule has 1 N–H and O–H groups in total. The summed E-state index contributed by atoms with van der Waals surface area (Å²) in [5.41, 5.74) is 0. The number of ether oxygens (including phenoxy) is 2. The number of fused-ring (bicyclic) bond motifs is 2. The number of rotatable bonds is 2. The van der Waals surface area contributed by atoms with E-state index in [-0.39, 0.29) is 36.6 Å². The Kier molecular flexibility index (Phi) is 2.26. The highest BCUT2D eigenvalue weighted by molar-refractivity contribution is 5.74. The van der Waals surface area contributed by atoms with Gasteiger partial charge in [0.05, 0.1) is 25.2 Å². The second-order valence-corrected chi connectivity index (χ2v) is 3.69. The molecular weight excluding hydrogens is 172 g/mol. The van der Waals surface area contributed by atoms with Gasteiger partial charge in [0.15, 0.2) is 0 Å². The molecule has 4 nitrogen and oxygen atoms in total. The molecule has 2 fully saturated rings. The van der Waals surface area contributed by atoms with Gasteiger partial charge in [-0.15, -0.1) is 0 Å². The van der Waals surface area contributed by atoms with E-state index in [0.29, 0.717) is 0 Å². The number of esters is 1. The van der Waals surface area contributed by atoms with E-state index < -0.39 is 0 Å². The number of aliphatic hydroxyl groups excluding tert-OH is 1. The van der Waals surface area contributed by atoms with Gasteiger partial charge in [0.1, 0.15) is 0 Å². The van der Waals surface area contributed by atoms with Gasteiger partial charge in [-0.1, -0.05) is 0 Å². The van der Waals surface area contributed by atoms with E-state index in [0.717, 1.165) is 12.8 Å². The number of carbonyl (C=O) groups is 1. The normalized spacial score (nSPS) is 42.3. The number of hydrogen-bond acceptors (Lipinski definition) is 4. The molecule has 74 valence electrons. The van der Waals surface area contributed by atoms with Gasteiger partial charge in [-0.25, -0.2) is 0 Å². The van der Waals surface area contributed by atoms with Crippen molar-refractivity contribution < 1.29 is 19.4 Å². The Hall–Kier alpha value is -0.610. The zero-order valence-corrected chi connectivity index (χ0v) is 7.60. The molecule has 0 spiro atoms. The predicted molar refractivity (Wildman–Crippen MR) is 44.0 cm³/mol. The maximum absolute atomic E-state index is 11.4. The van der Waals surface area contributed by atoms with Gasteiger partial charge < -0.3 is 14.6 Å². The van der Waals surface area contributed by atoms with Gasteiger partial charge in [-0.2, -0.15) is 0 Å². The van der Waals surface area contributed by atoms with Gasteiger partial charge in [-0.05, 0) is 12.8 Å². The summed E-state index contributed by atoms with van der Waals surface area (Å²) in [6, 6.07) is 0. The number of hydrogen-bond donors (Lipinski definition) is 1. The highest BCUT2D eigenvalue weighted by Crippen LogP contribution is 2.43. The van der Waals surface area contributed by atoms with Crippen molar-refractivity contribution in [2.45, 2.75) is 25.0 Å². The largest absolute Gasteiger partial charge is 0.469 e. The number of methoxy groups -OCH3 is 1. The first-order valence-electron chi connectivity index (χ1n) is 4.62. The minimum atomic E-state index is -0.244. The van der Waals surface area contributed by atoms with Crippen LogP contribution in [0.1, 0.15) is 12.8 Å². The van der Waals surface area contributed by atoms with E-state index in [1.807, 2.05) is 0 Å². The lowest BCUT2D eigenvalue weighted by Crippen LogP contribution is -2.36. The molecule has 2 aliphatic rings. The Balaban J connectivity index is 2.13. The third-order valence-electron chi connectivity index (χ3n) is 3.11. The number of aliphatic hydroxyl groups is 1. The first kappa shape index (κ1) is 8.97. The molecule has 4 heteroatoms. The molecule has 2 bridgehead atoms. The Morgan fingerprint density at radius 1 is 1.54 bits per heavy atom. The van der Waals surface area contributed by atoms with Crippen molar-refractivity contribution in [1.29, 1.82) is 0 Å². The molecule has 0 aromatic rings. The van der Waals surface area contributed by atoms with Gasteiger partial charge in [0.25, 0.3) is 0 Å². The zero-order valence-electron chi connectivity index (χ0n) is 7.60. The van der Waals surface area contributed by atoms with E-state index in [4.69, 9.17) is 9.84 Å². The molecule has 0 radical (unpaired) electrons. The molecule has 0 saturated carbocycles. The standard InChI is InChI=1S/C9H14O4/c1-12-9(11)8-5(4-10)6-2-3-7(8)13-6/h5-8,10H,2-4H2,1H3/t5-,6-,7+,8-/m0/s1. The van der Waals surface area contributed by atoms with Crippen molar-refractivity contribution in [1.82, 2.24) is 0 Å². The molecule has 2 heterocycles. The van der Waals surface area contributed by atoms with Gasteiger partial charge in [0.2, 0.25) is 0 Å². The van der Waals surface area contributed by atoms with Crippen LogP contribution in [0.5, 0.6) is 0 Å². The molecule has 13 heavy (non-hydrogen) atoms. The van der Waals surface area contributed by atoms with Crippen molar-refractivity contribution in [3.05, 3.63) is 0 Å². The van der Waals surface area contributed by atoms with Gasteiger partial charge in [-0.3, -0.25) is 4.79 Å². The zero-order chi connectivity index (χ0) is 9.42. The Labute approximate surface area is 76.8 Å². The molecule has 2 saturated heterocycles. The lowest BCUT2D eigenvalue weighted by Gasteiger charge is -2.23. The van der Waals surface area contributed by atoms with Crippen LogP contribution in [0.2, 0.25) is 0 Å². The minimum absolute atomic E-state index is 0.0148. The molecular formula is C9H14O4. The Morgan fingerprint density at radius 3 is 2.85 bits per heavy atom.